The van der Waals surface area contributed by atoms with Crippen LogP contribution in [0.15, 0.2) is 30.6 Å². The zero-order chi connectivity index (χ0) is 14.9. The van der Waals surface area contributed by atoms with Gasteiger partial charge in [0.2, 0.25) is 5.91 Å². The van der Waals surface area contributed by atoms with Crippen LogP contribution < -0.4 is 5.32 Å². The molecule has 22 heavy (non-hydrogen) atoms. The van der Waals surface area contributed by atoms with Crippen LogP contribution in [0.25, 0.3) is 0 Å². The molecule has 1 fully saturated rings. The van der Waals surface area contributed by atoms with Gasteiger partial charge in [0.1, 0.15) is 6.33 Å². The number of nitrogens with one attached hydrogen (secondary N) is 1. The number of rotatable bonds is 4. The maximum absolute atomic E-state index is 12.6. The number of hydrogen-bond donors (Lipinski definition) is 1. The van der Waals surface area contributed by atoms with Crippen molar-refractivity contribution < 1.29 is 4.79 Å². The Bertz CT molecular complexity index is 689. The Labute approximate surface area is 129 Å². The van der Waals surface area contributed by atoms with Gasteiger partial charge in [0, 0.05) is 6.04 Å². The zero-order valence-corrected chi connectivity index (χ0v) is 12.5. The molecule has 1 unspecified atom stereocenters. The lowest BCUT2D eigenvalue weighted by Gasteiger charge is -2.24. The first-order valence-electron chi connectivity index (χ1n) is 8.07. The summed E-state index contributed by atoms with van der Waals surface area (Å²) < 4.78 is 2.09. The van der Waals surface area contributed by atoms with Gasteiger partial charge >= 0.3 is 0 Å². The summed E-state index contributed by atoms with van der Waals surface area (Å²) in [5, 5.41) is 11.2. The van der Waals surface area contributed by atoms with Crippen LogP contribution in [-0.2, 0) is 17.8 Å². The largest absolute Gasteiger partial charge is 0.348 e. The highest BCUT2D eigenvalue weighted by atomic mass is 16.1. The first-order valence-corrected chi connectivity index (χ1v) is 8.07. The lowest BCUT2D eigenvalue weighted by Crippen LogP contribution is -2.31. The van der Waals surface area contributed by atoms with E-state index in [1.54, 1.807) is 6.33 Å². The van der Waals surface area contributed by atoms with Gasteiger partial charge in [-0.25, -0.2) is 0 Å². The summed E-state index contributed by atoms with van der Waals surface area (Å²) in [7, 11) is 0. The molecule has 1 heterocycles. The van der Waals surface area contributed by atoms with Crippen LogP contribution in [0.4, 0.5) is 0 Å². The number of carbonyl (C=O) groups is 1. The minimum absolute atomic E-state index is 0.0257. The molecule has 114 valence electrons. The van der Waals surface area contributed by atoms with Gasteiger partial charge < -0.3 is 9.88 Å². The normalized spacial score (nSPS) is 20.5. The number of carbonyl (C=O) groups excluding carboxylic acids is 1. The van der Waals surface area contributed by atoms with Crippen LogP contribution in [0.1, 0.15) is 54.6 Å². The number of aromatic nitrogens is 3. The quantitative estimate of drug-likeness (QED) is 0.942. The molecule has 1 saturated carbocycles. The standard InChI is InChI=1S/C17H20N4O/c22-17(15-7-3-5-12-4-1-2-6-14(12)15)18-10-16-20-19-11-21(16)13-8-9-13/h1-2,4,6,11,13,15H,3,5,7-10H2,(H,18,22). The predicted octanol–water partition coefficient (Wildman–Crippen LogP) is 2.35. The minimum Gasteiger partial charge on any atom is -0.348 e. The highest BCUT2D eigenvalue weighted by Crippen LogP contribution is 2.35. The van der Waals surface area contributed by atoms with Crippen molar-refractivity contribution in [2.75, 3.05) is 0 Å². The molecule has 4 rings (SSSR count). The summed E-state index contributed by atoms with van der Waals surface area (Å²) in [6.07, 6.45) is 7.24. The fourth-order valence-electron chi connectivity index (χ4n) is 3.37. The van der Waals surface area contributed by atoms with Crippen molar-refractivity contribution >= 4 is 5.91 Å². The molecular weight excluding hydrogens is 276 g/mol. The summed E-state index contributed by atoms with van der Waals surface area (Å²) in [5.41, 5.74) is 2.50. The first-order chi connectivity index (χ1) is 10.8. The van der Waals surface area contributed by atoms with E-state index in [4.69, 9.17) is 0 Å². The molecule has 0 spiro atoms. The van der Waals surface area contributed by atoms with Gasteiger partial charge in [-0.15, -0.1) is 10.2 Å². The van der Waals surface area contributed by atoms with Crippen molar-refractivity contribution in [1.29, 1.82) is 0 Å². The molecule has 0 aliphatic heterocycles. The minimum atomic E-state index is -0.0257. The Balaban J connectivity index is 1.45. The monoisotopic (exact) mass is 296 g/mol. The molecule has 1 N–H and O–H groups in total. The fourth-order valence-corrected chi connectivity index (χ4v) is 3.37. The molecular formula is C17H20N4O. The molecule has 1 aromatic carbocycles. The van der Waals surface area contributed by atoms with Crippen LogP contribution in [-0.4, -0.2) is 20.7 Å². The topological polar surface area (TPSA) is 59.8 Å². The maximum Gasteiger partial charge on any atom is 0.227 e. The Morgan fingerprint density at radius 3 is 3.00 bits per heavy atom. The highest BCUT2D eigenvalue weighted by Gasteiger charge is 2.28. The van der Waals surface area contributed by atoms with E-state index in [1.165, 1.54) is 24.0 Å². The average Bonchev–Trinajstić information content (AvgIpc) is 3.30. The van der Waals surface area contributed by atoms with Gasteiger partial charge in [0.05, 0.1) is 12.5 Å². The van der Waals surface area contributed by atoms with Crippen molar-refractivity contribution in [1.82, 2.24) is 20.1 Å². The average molecular weight is 296 g/mol. The van der Waals surface area contributed by atoms with Crippen LogP contribution in [0.2, 0.25) is 0 Å². The summed E-state index contributed by atoms with van der Waals surface area (Å²) in [6, 6.07) is 8.84. The van der Waals surface area contributed by atoms with Crippen LogP contribution >= 0.6 is 0 Å². The van der Waals surface area contributed by atoms with E-state index >= 15 is 0 Å². The molecule has 1 amide bonds. The van der Waals surface area contributed by atoms with Crippen molar-refractivity contribution in [3.63, 3.8) is 0 Å². The highest BCUT2D eigenvalue weighted by molar-refractivity contribution is 5.84. The van der Waals surface area contributed by atoms with E-state index in [0.717, 1.165) is 25.1 Å². The molecule has 5 heteroatoms. The predicted molar refractivity (Wildman–Crippen MR) is 82.3 cm³/mol. The summed E-state index contributed by atoms with van der Waals surface area (Å²) >= 11 is 0. The number of benzene rings is 1. The van der Waals surface area contributed by atoms with E-state index in [2.05, 4.69) is 38.3 Å². The zero-order valence-electron chi connectivity index (χ0n) is 12.5. The van der Waals surface area contributed by atoms with Gasteiger partial charge in [-0.05, 0) is 43.2 Å². The third kappa shape index (κ3) is 2.51. The second kappa shape index (κ2) is 5.55. The Hall–Kier alpha value is -2.17. The maximum atomic E-state index is 12.6. The van der Waals surface area contributed by atoms with Crippen LogP contribution in [0, 0.1) is 0 Å². The number of fused-ring (bicyclic) bond motifs is 1. The molecule has 0 saturated heterocycles. The summed E-state index contributed by atoms with van der Waals surface area (Å²) in [6.45, 7) is 0.466. The Morgan fingerprint density at radius 2 is 2.14 bits per heavy atom. The molecule has 1 aromatic heterocycles. The SMILES string of the molecule is O=C(NCc1nncn1C1CC1)C1CCCc2ccccc21. The Kier molecular flexibility index (Phi) is 3.41. The lowest BCUT2D eigenvalue weighted by molar-refractivity contribution is -0.123. The third-order valence-electron chi connectivity index (χ3n) is 4.69. The van der Waals surface area contributed by atoms with Crippen molar-refractivity contribution in [2.24, 2.45) is 0 Å². The van der Waals surface area contributed by atoms with E-state index in [1.807, 2.05) is 6.07 Å². The fraction of sp³-hybridized carbons (Fsp3) is 0.471. The Morgan fingerprint density at radius 1 is 1.27 bits per heavy atom. The molecule has 2 aliphatic carbocycles. The van der Waals surface area contributed by atoms with E-state index in [9.17, 15) is 4.79 Å². The molecule has 2 aliphatic rings. The van der Waals surface area contributed by atoms with Gasteiger partial charge in [0.15, 0.2) is 5.82 Å². The summed E-state index contributed by atoms with van der Waals surface area (Å²) in [4.78, 5) is 12.6. The van der Waals surface area contributed by atoms with Gasteiger partial charge in [0.25, 0.3) is 0 Å². The van der Waals surface area contributed by atoms with Crippen LogP contribution in [0.3, 0.4) is 0 Å². The molecule has 0 bridgehead atoms. The van der Waals surface area contributed by atoms with Crippen LogP contribution in [0.5, 0.6) is 0 Å². The smallest absolute Gasteiger partial charge is 0.227 e. The molecule has 5 nitrogen and oxygen atoms in total. The number of hydrogen-bond acceptors (Lipinski definition) is 3. The van der Waals surface area contributed by atoms with E-state index in [-0.39, 0.29) is 11.8 Å². The molecule has 2 aromatic rings. The second-order valence-electron chi connectivity index (χ2n) is 6.25. The van der Waals surface area contributed by atoms with Crippen molar-refractivity contribution in [2.45, 2.75) is 50.6 Å². The van der Waals surface area contributed by atoms with E-state index < -0.39 is 0 Å². The third-order valence-corrected chi connectivity index (χ3v) is 4.69. The second-order valence-corrected chi connectivity index (χ2v) is 6.25. The molecule has 1 atom stereocenters. The number of aryl methyl sites for hydroxylation is 1. The lowest BCUT2D eigenvalue weighted by atomic mass is 9.82. The number of nitrogens with zero attached hydrogens (tertiary/aromatic N) is 3. The van der Waals surface area contributed by atoms with Gasteiger partial charge in [-0.3, -0.25) is 4.79 Å². The number of amides is 1. The van der Waals surface area contributed by atoms with Gasteiger partial charge in [-0.2, -0.15) is 0 Å². The first kappa shape index (κ1) is 13.5. The molecule has 0 radical (unpaired) electrons. The van der Waals surface area contributed by atoms with Gasteiger partial charge in [-0.1, -0.05) is 24.3 Å². The van der Waals surface area contributed by atoms with Crippen molar-refractivity contribution in [3.8, 4) is 0 Å². The van der Waals surface area contributed by atoms with Crippen molar-refractivity contribution in [3.05, 3.63) is 47.5 Å². The summed E-state index contributed by atoms with van der Waals surface area (Å²) in [5.74, 6) is 0.944. The van der Waals surface area contributed by atoms with E-state index in [0.29, 0.717) is 12.6 Å².